The van der Waals surface area contributed by atoms with E-state index >= 15 is 0 Å². The zero-order valence-corrected chi connectivity index (χ0v) is 19.1. The zero-order valence-electron chi connectivity index (χ0n) is 19.1. The molecule has 172 valence electrons. The molecule has 1 N–H and O–H groups in total. The molecule has 0 bridgehead atoms. The smallest absolute Gasteiger partial charge is 0.323 e. The van der Waals surface area contributed by atoms with E-state index in [0.29, 0.717) is 11.3 Å². The average molecular weight is 443 g/mol. The Morgan fingerprint density at radius 2 is 1.31 bits per heavy atom. The number of esters is 1. The number of carbonyl (C=O) groups excluding carboxylic acids is 3. The Labute approximate surface area is 187 Å². The third-order valence-electron chi connectivity index (χ3n) is 5.00. The number of ketones is 2. The van der Waals surface area contributed by atoms with Gasteiger partial charge in [-0.2, -0.15) is 0 Å². The molecule has 0 amide bonds. The van der Waals surface area contributed by atoms with Crippen molar-refractivity contribution in [2.45, 2.75) is 25.9 Å². The van der Waals surface area contributed by atoms with Gasteiger partial charge in [0.2, 0.25) is 5.75 Å². The Bertz CT molecular complexity index is 931. The van der Waals surface area contributed by atoms with Crippen molar-refractivity contribution in [2.24, 2.45) is 5.92 Å². The molecule has 2 aromatic carbocycles. The molecular weight excluding hydrogens is 414 g/mol. The van der Waals surface area contributed by atoms with Gasteiger partial charge in [0.05, 0.1) is 28.4 Å². The monoisotopic (exact) mass is 443 g/mol. The van der Waals surface area contributed by atoms with Crippen LogP contribution in [0, 0.1) is 5.92 Å². The summed E-state index contributed by atoms with van der Waals surface area (Å²) < 4.78 is 20.8. The number of benzene rings is 2. The van der Waals surface area contributed by atoms with E-state index in [2.05, 4.69) is 5.32 Å². The zero-order chi connectivity index (χ0) is 23.8. The van der Waals surface area contributed by atoms with E-state index in [9.17, 15) is 14.4 Å². The molecule has 0 radical (unpaired) electrons. The van der Waals surface area contributed by atoms with E-state index in [1.54, 1.807) is 44.2 Å². The molecule has 0 saturated carbocycles. The van der Waals surface area contributed by atoms with Crippen molar-refractivity contribution in [2.75, 3.05) is 28.4 Å². The molecule has 2 unspecified atom stereocenters. The maximum atomic E-state index is 13.6. The van der Waals surface area contributed by atoms with Crippen molar-refractivity contribution in [1.82, 2.24) is 5.32 Å². The summed E-state index contributed by atoms with van der Waals surface area (Å²) in [5, 5.41) is 2.92. The first kappa shape index (κ1) is 24.9. The SMILES string of the molecule is COC(=O)C(NC(C(=O)c1ccccc1)C(=O)c1cc(OC)c(OC)c(OC)c1)C(C)C. The maximum Gasteiger partial charge on any atom is 0.323 e. The predicted octanol–water partition coefficient (Wildman–Crippen LogP) is 2.93. The summed E-state index contributed by atoms with van der Waals surface area (Å²) in [6, 6.07) is 9.13. The highest BCUT2D eigenvalue weighted by atomic mass is 16.5. The Morgan fingerprint density at radius 1 is 0.781 bits per heavy atom. The van der Waals surface area contributed by atoms with Gasteiger partial charge in [0.1, 0.15) is 12.1 Å². The van der Waals surface area contributed by atoms with Crippen molar-refractivity contribution in [3.8, 4) is 17.2 Å². The fraction of sp³-hybridized carbons (Fsp3) is 0.375. The lowest BCUT2D eigenvalue weighted by Gasteiger charge is -2.25. The number of methoxy groups -OCH3 is 4. The lowest BCUT2D eigenvalue weighted by molar-refractivity contribution is -0.144. The number of Topliss-reactive ketones (excluding diaryl/α,β-unsaturated/α-hetero) is 2. The summed E-state index contributed by atoms with van der Waals surface area (Å²) in [5.41, 5.74) is 0.492. The Hall–Kier alpha value is -3.39. The third-order valence-corrected chi connectivity index (χ3v) is 5.00. The average Bonchev–Trinajstić information content (AvgIpc) is 2.82. The highest BCUT2D eigenvalue weighted by Crippen LogP contribution is 2.38. The van der Waals surface area contributed by atoms with Gasteiger partial charge in [0, 0.05) is 11.1 Å². The van der Waals surface area contributed by atoms with Crippen LogP contribution in [0.25, 0.3) is 0 Å². The van der Waals surface area contributed by atoms with E-state index in [1.165, 1.54) is 40.6 Å². The molecule has 0 heterocycles. The first-order valence-corrected chi connectivity index (χ1v) is 10.1. The Balaban J connectivity index is 2.57. The van der Waals surface area contributed by atoms with Gasteiger partial charge in [-0.05, 0) is 18.1 Å². The van der Waals surface area contributed by atoms with Crippen molar-refractivity contribution >= 4 is 17.5 Å². The van der Waals surface area contributed by atoms with Crippen LogP contribution in [0.4, 0.5) is 0 Å². The van der Waals surface area contributed by atoms with Crippen LogP contribution in [0.2, 0.25) is 0 Å². The summed E-state index contributed by atoms with van der Waals surface area (Å²) in [4.78, 5) is 39.2. The van der Waals surface area contributed by atoms with Crippen LogP contribution in [0.1, 0.15) is 34.6 Å². The minimum absolute atomic E-state index is 0.161. The van der Waals surface area contributed by atoms with Crippen LogP contribution in [0.3, 0.4) is 0 Å². The summed E-state index contributed by atoms with van der Waals surface area (Å²) in [6.07, 6.45) is 0. The summed E-state index contributed by atoms with van der Waals surface area (Å²) in [7, 11) is 5.58. The number of ether oxygens (including phenoxy) is 4. The number of hydrogen-bond acceptors (Lipinski definition) is 8. The van der Waals surface area contributed by atoms with Crippen molar-refractivity contribution in [3.63, 3.8) is 0 Å². The molecule has 0 fully saturated rings. The number of hydrogen-bond donors (Lipinski definition) is 1. The van der Waals surface area contributed by atoms with E-state index in [-0.39, 0.29) is 23.0 Å². The molecule has 2 rings (SSSR count). The van der Waals surface area contributed by atoms with Gasteiger partial charge in [0.15, 0.2) is 23.1 Å². The first-order chi connectivity index (χ1) is 15.3. The predicted molar refractivity (Wildman–Crippen MR) is 119 cm³/mol. The number of rotatable bonds is 11. The molecule has 0 aliphatic heterocycles. The summed E-state index contributed by atoms with van der Waals surface area (Å²) in [6.45, 7) is 3.59. The highest BCUT2D eigenvalue weighted by molar-refractivity contribution is 6.19. The van der Waals surface area contributed by atoms with Crippen LogP contribution in [0.15, 0.2) is 42.5 Å². The van der Waals surface area contributed by atoms with Crippen LogP contribution >= 0.6 is 0 Å². The lowest BCUT2D eigenvalue weighted by atomic mass is 9.93. The minimum atomic E-state index is -1.34. The van der Waals surface area contributed by atoms with E-state index < -0.39 is 29.6 Å². The van der Waals surface area contributed by atoms with Gasteiger partial charge in [0.25, 0.3) is 0 Å². The van der Waals surface area contributed by atoms with Gasteiger partial charge in [-0.15, -0.1) is 0 Å². The molecule has 8 heteroatoms. The standard InChI is InChI=1S/C24H29NO7/c1-14(2)19(24(28)32-6)25-20(21(26)15-10-8-7-9-11-15)22(27)16-12-17(29-3)23(31-5)18(13-16)30-4/h7-14,19-20,25H,1-6H3. The van der Waals surface area contributed by atoms with Gasteiger partial charge in [-0.25, -0.2) is 0 Å². The topological polar surface area (TPSA) is 100 Å². The van der Waals surface area contributed by atoms with Crippen molar-refractivity contribution in [3.05, 3.63) is 53.6 Å². The fourth-order valence-electron chi connectivity index (χ4n) is 3.27. The first-order valence-electron chi connectivity index (χ1n) is 10.1. The molecule has 0 aromatic heterocycles. The second-order valence-corrected chi connectivity index (χ2v) is 7.35. The van der Waals surface area contributed by atoms with Crippen LogP contribution in [-0.4, -0.2) is 58.1 Å². The minimum Gasteiger partial charge on any atom is -0.493 e. The second kappa shape index (κ2) is 11.3. The molecular formula is C24H29NO7. The molecule has 8 nitrogen and oxygen atoms in total. The molecule has 0 aliphatic carbocycles. The van der Waals surface area contributed by atoms with Crippen LogP contribution < -0.4 is 19.5 Å². The molecule has 0 saturated heterocycles. The lowest BCUT2D eigenvalue weighted by Crippen LogP contribution is -2.53. The third kappa shape index (κ3) is 5.45. The highest BCUT2D eigenvalue weighted by Gasteiger charge is 2.35. The van der Waals surface area contributed by atoms with Gasteiger partial charge in [-0.1, -0.05) is 44.2 Å². The van der Waals surface area contributed by atoms with Gasteiger partial charge >= 0.3 is 5.97 Å². The molecule has 0 aliphatic rings. The number of carbonyl (C=O) groups is 3. The summed E-state index contributed by atoms with van der Waals surface area (Å²) >= 11 is 0. The molecule has 32 heavy (non-hydrogen) atoms. The van der Waals surface area contributed by atoms with Crippen molar-refractivity contribution < 1.29 is 33.3 Å². The largest absolute Gasteiger partial charge is 0.493 e. The van der Waals surface area contributed by atoms with Gasteiger partial charge in [-0.3, -0.25) is 19.7 Å². The van der Waals surface area contributed by atoms with Gasteiger partial charge < -0.3 is 18.9 Å². The molecule has 2 atom stereocenters. The number of nitrogens with one attached hydrogen (secondary N) is 1. The molecule has 2 aromatic rings. The van der Waals surface area contributed by atoms with E-state index in [1.807, 2.05) is 0 Å². The summed E-state index contributed by atoms with van der Waals surface area (Å²) in [5.74, 6) is -0.958. The normalized spacial score (nSPS) is 12.6. The van der Waals surface area contributed by atoms with E-state index in [4.69, 9.17) is 18.9 Å². The second-order valence-electron chi connectivity index (χ2n) is 7.35. The van der Waals surface area contributed by atoms with E-state index in [0.717, 1.165) is 0 Å². The Kier molecular flexibility index (Phi) is 8.78. The van der Waals surface area contributed by atoms with Crippen LogP contribution in [-0.2, 0) is 9.53 Å². The quantitative estimate of drug-likeness (QED) is 0.321. The Morgan fingerprint density at radius 3 is 1.75 bits per heavy atom. The maximum absolute atomic E-state index is 13.6. The van der Waals surface area contributed by atoms with Crippen LogP contribution in [0.5, 0.6) is 17.2 Å². The fourth-order valence-corrected chi connectivity index (χ4v) is 3.27. The van der Waals surface area contributed by atoms with Crippen molar-refractivity contribution in [1.29, 1.82) is 0 Å². The molecule has 0 spiro atoms.